The molecule has 0 aliphatic carbocycles. The lowest BCUT2D eigenvalue weighted by Crippen LogP contribution is -2.22. The van der Waals surface area contributed by atoms with Crippen molar-refractivity contribution in [3.63, 3.8) is 0 Å². The molecule has 0 radical (unpaired) electrons. The number of rotatable bonds is 7. The quantitative estimate of drug-likeness (QED) is 0.674. The van der Waals surface area contributed by atoms with E-state index in [1.165, 1.54) is 16.7 Å². The van der Waals surface area contributed by atoms with Gasteiger partial charge in [0.1, 0.15) is 11.4 Å². The highest BCUT2D eigenvalue weighted by molar-refractivity contribution is 5.87. The van der Waals surface area contributed by atoms with Crippen LogP contribution in [-0.2, 0) is 6.42 Å². The molecule has 0 spiro atoms. The maximum Gasteiger partial charge on any atom is 0.337 e. The first-order chi connectivity index (χ1) is 13.5. The normalized spacial score (nSPS) is 11.2. The first-order valence-corrected chi connectivity index (χ1v) is 9.23. The highest BCUT2D eigenvalue weighted by Gasteiger charge is 2.12. The van der Waals surface area contributed by atoms with Gasteiger partial charge in [-0.1, -0.05) is 31.5 Å². The molecule has 2 aromatic heterocycles. The number of pyridine rings is 1. The van der Waals surface area contributed by atoms with E-state index in [1.807, 2.05) is 50.3 Å². The summed E-state index contributed by atoms with van der Waals surface area (Å²) < 4.78 is 6.95. The average Bonchev–Trinajstić information content (AvgIpc) is 2.69. The van der Waals surface area contributed by atoms with Crippen LogP contribution >= 0.6 is 0 Å². The molecule has 2 heterocycles. The average molecular weight is 378 g/mol. The molecule has 28 heavy (non-hydrogen) atoms. The van der Waals surface area contributed by atoms with E-state index in [0.717, 1.165) is 17.7 Å². The van der Waals surface area contributed by atoms with Crippen LogP contribution in [0.25, 0.3) is 17.8 Å². The zero-order valence-corrected chi connectivity index (χ0v) is 15.9. The zero-order valence-electron chi connectivity index (χ0n) is 15.9. The van der Waals surface area contributed by atoms with E-state index in [0.29, 0.717) is 29.9 Å². The van der Waals surface area contributed by atoms with Gasteiger partial charge in [-0.2, -0.15) is 0 Å². The van der Waals surface area contributed by atoms with Crippen molar-refractivity contribution < 1.29 is 14.6 Å². The van der Waals surface area contributed by atoms with Crippen LogP contribution in [0, 0.1) is 0 Å². The van der Waals surface area contributed by atoms with E-state index in [-0.39, 0.29) is 11.1 Å². The van der Waals surface area contributed by atoms with Gasteiger partial charge >= 0.3 is 5.97 Å². The lowest BCUT2D eigenvalue weighted by molar-refractivity contribution is 0.0696. The molecule has 0 fully saturated rings. The number of carboxylic acid groups (broad SMARTS) is 1. The van der Waals surface area contributed by atoms with E-state index >= 15 is 0 Å². The molecule has 0 amide bonds. The van der Waals surface area contributed by atoms with E-state index in [1.54, 1.807) is 6.07 Å². The highest BCUT2D eigenvalue weighted by Crippen LogP contribution is 2.21. The number of fused-ring (bicyclic) bond motifs is 1. The molecule has 3 aromatic rings. The van der Waals surface area contributed by atoms with Crippen molar-refractivity contribution in [2.24, 2.45) is 0 Å². The molecule has 0 saturated heterocycles. The van der Waals surface area contributed by atoms with Crippen molar-refractivity contribution in [2.45, 2.75) is 26.7 Å². The third-order valence-electron chi connectivity index (χ3n) is 4.33. The SMILES string of the molecule is CCCc1c(/C=C/c2ccccc2OCC)nc2ccc(C(=O)O)cn2c1=O. The van der Waals surface area contributed by atoms with Crippen molar-refractivity contribution in [2.75, 3.05) is 6.61 Å². The second-order valence-electron chi connectivity index (χ2n) is 6.29. The molecule has 0 aliphatic rings. The molecule has 6 heteroatoms. The molecule has 1 N–H and O–H groups in total. The van der Waals surface area contributed by atoms with Gasteiger partial charge in [0.2, 0.25) is 0 Å². The van der Waals surface area contributed by atoms with Crippen molar-refractivity contribution in [3.05, 3.63) is 75.3 Å². The summed E-state index contributed by atoms with van der Waals surface area (Å²) in [6, 6.07) is 10.7. The van der Waals surface area contributed by atoms with Crippen LogP contribution in [0.4, 0.5) is 0 Å². The highest BCUT2D eigenvalue weighted by atomic mass is 16.5. The van der Waals surface area contributed by atoms with Crippen LogP contribution in [0.15, 0.2) is 47.4 Å². The molecule has 0 bridgehead atoms. The van der Waals surface area contributed by atoms with Gasteiger partial charge in [0.15, 0.2) is 0 Å². The predicted molar refractivity (Wildman–Crippen MR) is 109 cm³/mol. The number of benzene rings is 1. The summed E-state index contributed by atoms with van der Waals surface area (Å²) in [5.74, 6) is -0.316. The number of hydrogen-bond donors (Lipinski definition) is 1. The molecule has 0 atom stereocenters. The van der Waals surface area contributed by atoms with Crippen LogP contribution in [-0.4, -0.2) is 27.1 Å². The Morgan fingerprint density at radius 2 is 1.96 bits per heavy atom. The Morgan fingerprint density at radius 1 is 1.18 bits per heavy atom. The zero-order chi connectivity index (χ0) is 20.1. The summed E-state index contributed by atoms with van der Waals surface area (Å²) in [5.41, 5.74) is 2.26. The summed E-state index contributed by atoms with van der Waals surface area (Å²) in [6.45, 7) is 4.48. The van der Waals surface area contributed by atoms with Crippen LogP contribution in [0.5, 0.6) is 5.75 Å². The molecular formula is C22H22N2O4. The van der Waals surface area contributed by atoms with Crippen LogP contribution in [0.1, 0.15) is 47.4 Å². The summed E-state index contributed by atoms with van der Waals surface area (Å²) >= 11 is 0. The minimum atomic E-state index is -1.08. The Morgan fingerprint density at radius 3 is 2.68 bits per heavy atom. The Kier molecular flexibility index (Phi) is 5.89. The van der Waals surface area contributed by atoms with Crippen LogP contribution < -0.4 is 10.3 Å². The third-order valence-corrected chi connectivity index (χ3v) is 4.33. The van der Waals surface area contributed by atoms with E-state index < -0.39 is 5.97 Å². The fraction of sp³-hybridized carbons (Fsp3) is 0.227. The summed E-state index contributed by atoms with van der Waals surface area (Å²) in [5, 5.41) is 9.18. The monoisotopic (exact) mass is 378 g/mol. The summed E-state index contributed by atoms with van der Waals surface area (Å²) in [7, 11) is 0. The summed E-state index contributed by atoms with van der Waals surface area (Å²) in [4.78, 5) is 28.8. The van der Waals surface area contributed by atoms with Gasteiger partial charge in [-0.15, -0.1) is 0 Å². The van der Waals surface area contributed by atoms with E-state index in [2.05, 4.69) is 4.98 Å². The number of para-hydroxylation sites is 1. The number of aromatic nitrogens is 2. The number of hydrogen-bond acceptors (Lipinski definition) is 4. The Labute approximate surface area is 162 Å². The van der Waals surface area contributed by atoms with E-state index in [4.69, 9.17) is 4.74 Å². The molecule has 144 valence electrons. The molecule has 0 saturated carbocycles. The van der Waals surface area contributed by atoms with Gasteiger partial charge < -0.3 is 9.84 Å². The molecule has 6 nitrogen and oxygen atoms in total. The lowest BCUT2D eigenvalue weighted by Gasteiger charge is -2.09. The maximum absolute atomic E-state index is 13.0. The number of aromatic carboxylic acids is 1. The van der Waals surface area contributed by atoms with E-state index in [9.17, 15) is 14.7 Å². The Hall–Kier alpha value is -3.41. The standard InChI is InChI=1S/C22H22N2O4/c1-3-7-17-18(12-10-15-8-5-6-9-19(15)28-4-2)23-20-13-11-16(22(26)27)14-24(20)21(17)25/h5-6,8-14H,3-4,7H2,1-2H3,(H,26,27)/b12-10+. The summed E-state index contributed by atoms with van der Waals surface area (Å²) in [6.07, 6.45) is 6.35. The van der Waals surface area contributed by atoms with Crippen molar-refractivity contribution in [1.82, 2.24) is 9.38 Å². The minimum absolute atomic E-state index is 0.0489. The van der Waals surface area contributed by atoms with Crippen LogP contribution in [0.2, 0.25) is 0 Å². The minimum Gasteiger partial charge on any atom is -0.493 e. The largest absolute Gasteiger partial charge is 0.493 e. The Bertz CT molecular complexity index is 1100. The fourth-order valence-corrected chi connectivity index (χ4v) is 3.02. The Balaban J connectivity index is 2.12. The van der Waals surface area contributed by atoms with Gasteiger partial charge in [0.05, 0.1) is 17.9 Å². The fourth-order valence-electron chi connectivity index (χ4n) is 3.02. The smallest absolute Gasteiger partial charge is 0.337 e. The van der Waals surface area contributed by atoms with Crippen molar-refractivity contribution in [1.29, 1.82) is 0 Å². The third kappa shape index (κ3) is 3.96. The van der Waals surface area contributed by atoms with Gasteiger partial charge in [0, 0.05) is 17.3 Å². The maximum atomic E-state index is 13.0. The van der Waals surface area contributed by atoms with Crippen molar-refractivity contribution in [3.8, 4) is 5.75 Å². The first-order valence-electron chi connectivity index (χ1n) is 9.23. The topological polar surface area (TPSA) is 80.9 Å². The lowest BCUT2D eigenvalue weighted by atomic mass is 10.1. The molecule has 3 rings (SSSR count). The number of carboxylic acids is 1. The van der Waals surface area contributed by atoms with Gasteiger partial charge in [-0.05, 0) is 43.7 Å². The second kappa shape index (κ2) is 8.52. The number of carbonyl (C=O) groups is 1. The number of nitrogens with zero attached hydrogens (tertiary/aromatic N) is 2. The molecular weight excluding hydrogens is 356 g/mol. The molecule has 0 aliphatic heterocycles. The van der Waals surface area contributed by atoms with Gasteiger partial charge in [0.25, 0.3) is 5.56 Å². The molecule has 1 aromatic carbocycles. The van der Waals surface area contributed by atoms with Gasteiger partial charge in [-0.25, -0.2) is 9.78 Å². The van der Waals surface area contributed by atoms with Crippen molar-refractivity contribution >= 4 is 23.8 Å². The first kappa shape index (κ1) is 19.4. The number of ether oxygens (including phenoxy) is 1. The van der Waals surface area contributed by atoms with Crippen LogP contribution in [0.3, 0.4) is 0 Å². The predicted octanol–water partition coefficient (Wildman–Crippen LogP) is 3.91. The van der Waals surface area contributed by atoms with Gasteiger partial charge in [-0.3, -0.25) is 9.20 Å². The molecule has 0 unspecified atom stereocenters. The second-order valence-corrected chi connectivity index (χ2v) is 6.29.